The van der Waals surface area contributed by atoms with Crippen LogP contribution in [0.5, 0.6) is 11.5 Å². The lowest BCUT2D eigenvalue weighted by Gasteiger charge is -2.07. The summed E-state index contributed by atoms with van der Waals surface area (Å²) in [6.07, 6.45) is 1.55. The highest BCUT2D eigenvalue weighted by Gasteiger charge is 2.11. The summed E-state index contributed by atoms with van der Waals surface area (Å²) in [5.41, 5.74) is 6.15. The average Bonchev–Trinajstić information content (AvgIpc) is 3.35. The molecule has 0 aliphatic rings. The highest BCUT2D eigenvalue weighted by molar-refractivity contribution is 5.94. The van der Waals surface area contributed by atoms with Gasteiger partial charge in [0.25, 0.3) is 5.91 Å². The largest absolute Gasteiger partial charge is 0.493 e. The molecule has 0 atom stereocenters. The molecule has 0 saturated heterocycles. The number of carbonyl (C=O) groups is 1. The number of hydrogen-bond acceptors (Lipinski definition) is 5. The van der Waals surface area contributed by atoms with Gasteiger partial charge in [0.1, 0.15) is 23.8 Å². The van der Waals surface area contributed by atoms with E-state index in [0.717, 1.165) is 22.4 Å². The van der Waals surface area contributed by atoms with E-state index in [1.54, 1.807) is 12.3 Å². The van der Waals surface area contributed by atoms with E-state index in [0.29, 0.717) is 30.4 Å². The van der Waals surface area contributed by atoms with Crippen LogP contribution in [0.15, 0.2) is 90.0 Å². The van der Waals surface area contributed by atoms with Gasteiger partial charge in [-0.3, -0.25) is 9.89 Å². The molecule has 0 saturated carbocycles. The maximum Gasteiger partial charge on any atom is 0.289 e. The van der Waals surface area contributed by atoms with E-state index >= 15 is 0 Å². The normalized spacial score (nSPS) is 10.8. The van der Waals surface area contributed by atoms with E-state index in [2.05, 4.69) is 20.7 Å². The van der Waals surface area contributed by atoms with Gasteiger partial charge < -0.3 is 9.47 Å². The molecule has 0 spiro atoms. The average molecular weight is 441 g/mol. The third-order valence-corrected chi connectivity index (χ3v) is 4.79. The summed E-state index contributed by atoms with van der Waals surface area (Å²) in [6, 6.07) is 26.7. The zero-order chi connectivity index (χ0) is 22.9. The molecule has 4 aromatic rings. The van der Waals surface area contributed by atoms with Crippen LogP contribution in [0.1, 0.15) is 28.5 Å². The zero-order valence-electron chi connectivity index (χ0n) is 18.2. The van der Waals surface area contributed by atoms with Crippen molar-refractivity contribution in [3.8, 4) is 22.8 Å². The van der Waals surface area contributed by atoms with E-state index < -0.39 is 5.91 Å². The number of carbonyl (C=O) groups excluding carboxylic acids is 1. The van der Waals surface area contributed by atoms with Gasteiger partial charge in [0.15, 0.2) is 0 Å². The van der Waals surface area contributed by atoms with Crippen LogP contribution in [0, 0.1) is 0 Å². The molecule has 0 aliphatic heterocycles. The quantitative estimate of drug-likeness (QED) is 0.289. The third-order valence-electron chi connectivity index (χ3n) is 4.79. The SMILES string of the molecule is CCOc1ccccc1C=NNC(=O)c1cc(-c2cccc(OCc3ccccc3)c2)n[nH]1. The van der Waals surface area contributed by atoms with Gasteiger partial charge in [-0.15, -0.1) is 0 Å². The third kappa shape index (κ3) is 5.86. The Morgan fingerprint density at radius 3 is 2.67 bits per heavy atom. The molecule has 0 unspecified atom stereocenters. The first-order valence-electron chi connectivity index (χ1n) is 10.6. The smallest absolute Gasteiger partial charge is 0.289 e. The minimum atomic E-state index is -0.393. The van der Waals surface area contributed by atoms with Gasteiger partial charge in [0, 0.05) is 11.1 Å². The molecule has 3 aromatic carbocycles. The van der Waals surface area contributed by atoms with E-state index in [1.165, 1.54) is 0 Å². The van der Waals surface area contributed by atoms with Crippen LogP contribution in [0.2, 0.25) is 0 Å². The highest BCUT2D eigenvalue weighted by atomic mass is 16.5. The number of para-hydroxylation sites is 1. The Balaban J connectivity index is 1.39. The Bertz CT molecular complexity index is 1240. The fourth-order valence-electron chi connectivity index (χ4n) is 3.17. The molecule has 0 aliphatic carbocycles. The van der Waals surface area contributed by atoms with Crippen molar-refractivity contribution < 1.29 is 14.3 Å². The van der Waals surface area contributed by atoms with Crippen molar-refractivity contribution in [1.29, 1.82) is 0 Å². The molecule has 4 rings (SSSR count). The predicted octanol–water partition coefficient (Wildman–Crippen LogP) is 4.82. The van der Waals surface area contributed by atoms with Crippen molar-refractivity contribution >= 4 is 12.1 Å². The number of aromatic amines is 1. The van der Waals surface area contributed by atoms with Gasteiger partial charge in [-0.1, -0.05) is 54.6 Å². The van der Waals surface area contributed by atoms with Gasteiger partial charge in [0.05, 0.1) is 18.5 Å². The van der Waals surface area contributed by atoms with Crippen LogP contribution in [-0.4, -0.2) is 28.9 Å². The number of benzene rings is 3. The second-order valence-electron chi connectivity index (χ2n) is 7.14. The standard InChI is InChI=1S/C26H24N4O3/c1-2-32-25-14-7-6-11-21(25)17-27-30-26(31)24-16-23(28-29-24)20-12-8-13-22(15-20)33-18-19-9-4-3-5-10-19/h3-17H,2,18H2,1H3,(H,28,29)(H,30,31). The van der Waals surface area contributed by atoms with Gasteiger partial charge in [-0.25, -0.2) is 5.43 Å². The van der Waals surface area contributed by atoms with Crippen LogP contribution in [0.25, 0.3) is 11.3 Å². The first-order chi connectivity index (χ1) is 16.2. The lowest BCUT2D eigenvalue weighted by molar-refractivity contribution is 0.0950. The number of rotatable bonds is 9. The molecule has 166 valence electrons. The van der Waals surface area contributed by atoms with E-state index in [4.69, 9.17) is 9.47 Å². The van der Waals surface area contributed by atoms with E-state index in [9.17, 15) is 4.79 Å². The number of amides is 1. The first-order valence-corrected chi connectivity index (χ1v) is 10.6. The predicted molar refractivity (Wildman–Crippen MR) is 127 cm³/mol. The molecular formula is C26H24N4O3. The summed E-state index contributed by atoms with van der Waals surface area (Å²) in [5.74, 6) is 1.04. The molecule has 1 aromatic heterocycles. The number of H-pyrrole nitrogens is 1. The molecule has 0 fully saturated rings. The minimum Gasteiger partial charge on any atom is -0.493 e. The number of nitrogens with one attached hydrogen (secondary N) is 2. The number of aromatic nitrogens is 2. The molecule has 1 amide bonds. The minimum absolute atomic E-state index is 0.302. The summed E-state index contributed by atoms with van der Waals surface area (Å²) < 4.78 is 11.4. The molecular weight excluding hydrogens is 416 g/mol. The van der Waals surface area contributed by atoms with Crippen molar-refractivity contribution in [1.82, 2.24) is 15.6 Å². The molecule has 0 radical (unpaired) electrons. The lowest BCUT2D eigenvalue weighted by Crippen LogP contribution is -2.18. The molecule has 1 heterocycles. The zero-order valence-corrected chi connectivity index (χ0v) is 18.2. The highest BCUT2D eigenvalue weighted by Crippen LogP contribution is 2.23. The summed E-state index contributed by atoms with van der Waals surface area (Å²) in [6.45, 7) is 2.94. The first kappa shape index (κ1) is 21.8. The summed E-state index contributed by atoms with van der Waals surface area (Å²) >= 11 is 0. The van der Waals surface area contributed by atoms with Gasteiger partial charge in [-0.05, 0) is 42.8 Å². The molecule has 2 N–H and O–H groups in total. The van der Waals surface area contributed by atoms with Crippen molar-refractivity contribution in [3.05, 3.63) is 102 Å². The maximum atomic E-state index is 12.5. The molecule has 0 bridgehead atoms. The monoisotopic (exact) mass is 440 g/mol. The Kier molecular flexibility index (Phi) is 7.12. The van der Waals surface area contributed by atoms with Crippen LogP contribution in [0.3, 0.4) is 0 Å². The maximum absolute atomic E-state index is 12.5. The summed E-state index contributed by atoms with van der Waals surface area (Å²) in [5, 5.41) is 11.1. The second kappa shape index (κ2) is 10.8. The number of hydrazone groups is 1. The van der Waals surface area contributed by atoms with E-state index in [1.807, 2.05) is 85.8 Å². The van der Waals surface area contributed by atoms with Crippen molar-refractivity contribution in [2.24, 2.45) is 5.10 Å². The Labute approximate surface area is 192 Å². The van der Waals surface area contributed by atoms with Crippen molar-refractivity contribution in [3.63, 3.8) is 0 Å². The Morgan fingerprint density at radius 1 is 1.00 bits per heavy atom. The van der Waals surface area contributed by atoms with Crippen molar-refractivity contribution in [2.45, 2.75) is 13.5 Å². The lowest BCUT2D eigenvalue weighted by atomic mass is 10.1. The topological polar surface area (TPSA) is 88.6 Å². The number of ether oxygens (including phenoxy) is 2. The van der Waals surface area contributed by atoms with Crippen LogP contribution >= 0.6 is 0 Å². The van der Waals surface area contributed by atoms with Gasteiger partial charge in [0.2, 0.25) is 0 Å². The number of nitrogens with zero attached hydrogens (tertiary/aromatic N) is 2. The molecule has 7 heteroatoms. The molecule has 7 nitrogen and oxygen atoms in total. The summed E-state index contributed by atoms with van der Waals surface area (Å²) in [7, 11) is 0. The Morgan fingerprint density at radius 2 is 1.82 bits per heavy atom. The fraction of sp³-hybridized carbons (Fsp3) is 0.115. The fourth-order valence-corrected chi connectivity index (χ4v) is 3.17. The van der Waals surface area contributed by atoms with Crippen LogP contribution in [0.4, 0.5) is 0 Å². The molecule has 33 heavy (non-hydrogen) atoms. The van der Waals surface area contributed by atoms with Crippen LogP contribution < -0.4 is 14.9 Å². The Hall–Kier alpha value is -4.39. The van der Waals surface area contributed by atoms with Gasteiger partial charge in [-0.2, -0.15) is 10.2 Å². The number of hydrogen-bond donors (Lipinski definition) is 2. The van der Waals surface area contributed by atoms with Gasteiger partial charge >= 0.3 is 0 Å². The van der Waals surface area contributed by atoms with Crippen molar-refractivity contribution in [2.75, 3.05) is 6.61 Å². The summed E-state index contributed by atoms with van der Waals surface area (Å²) in [4.78, 5) is 12.5. The second-order valence-corrected chi connectivity index (χ2v) is 7.14. The van der Waals surface area contributed by atoms with Crippen LogP contribution in [-0.2, 0) is 6.61 Å². The van der Waals surface area contributed by atoms with E-state index in [-0.39, 0.29) is 0 Å².